The minimum Gasteiger partial charge on any atom is -0.338 e. The van der Waals surface area contributed by atoms with E-state index < -0.39 is 0 Å². The molecule has 2 aromatic carbocycles. The number of carbonyl (C=O) groups excluding carboxylic acids is 2. The van der Waals surface area contributed by atoms with Crippen LogP contribution in [-0.4, -0.2) is 25.0 Å². The third kappa shape index (κ3) is 4.38. The Kier molecular flexibility index (Phi) is 5.33. The molecule has 1 aliphatic heterocycles. The van der Waals surface area contributed by atoms with E-state index >= 15 is 0 Å². The summed E-state index contributed by atoms with van der Waals surface area (Å²) in [5, 5.41) is 5.71. The first-order valence-electron chi connectivity index (χ1n) is 8.63. The van der Waals surface area contributed by atoms with Crippen LogP contribution in [0.1, 0.15) is 24.0 Å². The summed E-state index contributed by atoms with van der Waals surface area (Å²) in [5.74, 6) is 0.169. The van der Waals surface area contributed by atoms with Gasteiger partial charge in [-0.15, -0.1) is 0 Å². The molecule has 0 aliphatic carbocycles. The Morgan fingerprint density at radius 2 is 1.96 bits per heavy atom. The zero-order valence-corrected chi connectivity index (χ0v) is 14.4. The van der Waals surface area contributed by atoms with Gasteiger partial charge < -0.3 is 15.5 Å². The number of nitrogens with one attached hydrogen (secondary N) is 2. The van der Waals surface area contributed by atoms with E-state index in [4.69, 9.17) is 0 Å². The number of hydrogen-bond donors (Lipinski definition) is 2. The van der Waals surface area contributed by atoms with Crippen LogP contribution in [0.15, 0.2) is 48.5 Å². The SMILES string of the molecule is Cc1cc(NC(=O)NCCc2ccccc2)ccc1N1CCCC1=O. The van der Waals surface area contributed by atoms with Gasteiger partial charge in [0, 0.05) is 30.9 Å². The highest BCUT2D eigenvalue weighted by Crippen LogP contribution is 2.27. The molecule has 3 rings (SSSR count). The number of amides is 3. The summed E-state index contributed by atoms with van der Waals surface area (Å²) in [6.07, 6.45) is 2.31. The number of rotatable bonds is 5. The zero-order valence-electron chi connectivity index (χ0n) is 14.4. The van der Waals surface area contributed by atoms with Gasteiger partial charge in [0.2, 0.25) is 5.91 Å². The first-order valence-corrected chi connectivity index (χ1v) is 8.63. The van der Waals surface area contributed by atoms with Gasteiger partial charge in [-0.1, -0.05) is 30.3 Å². The second kappa shape index (κ2) is 7.83. The van der Waals surface area contributed by atoms with Crippen LogP contribution in [0.5, 0.6) is 0 Å². The van der Waals surface area contributed by atoms with Crippen LogP contribution in [0.4, 0.5) is 16.2 Å². The molecule has 130 valence electrons. The topological polar surface area (TPSA) is 61.4 Å². The molecule has 1 fully saturated rings. The van der Waals surface area contributed by atoms with Crippen molar-refractivity contribution in [3.05, 3.63) is 59.7 Å². The average molecular weight is 337 g/mol. The van der Waals surface area contributed by atoms with Crippen LogP contribution in [0, 0.1) is 6.92 Å². The number of benzene rings is 2. The molecule has 0 radical (unpaired) electrons. The number of carbonyl (C=O) groups is 2. The lowest BCUT2D eigenvalue weighted by molar-refractivity contribution is -0.117. The molecular formula is C20H23N3O2. The maximum Gasteiger partial charge on any atom is 0.319 e. The Balaban J connectivity index is 1.53. The van der Waals surface area contributed by atoms with E-state index in [9.17, 15) is 9.59 Å². The highest BCUT2D eigenvalue weighted by Gasteiger charge is 2.22. The highest BCUT2D eigenvalue weighted by molar-refractivity contribution is 5.96. The predicted octanol–water partition coefficient (Wildman–Crippen LogP) is 3.49. The molecule has 25 heavy (non-hydrogen) atoms. The van der Waals surface area contributed by atoms with Crippen LogP contribution in [0.3, 0.4) is 0 Å². The second-order valence-electron chi connectivity index (χ2n) is 6.27. The number of hydrogen-bond acceptors (Lipinski definition) is 2. The minimum absolute atomic E-state index is 0.169. The van der Waals surface area contributed by atoms with Crippen molar-refractivity contribution in [1.29, 1.82) is 0 Å². The van der Waals surface area contributed by atoms with E-state index in [1.54, 1.807) is 0 Å². The normalized spacial score (nSPS) is 13.8. The number of urea groups is 1. The van der Waals surface area contributed by atoms with E-state index in [1.807, 2.05) is 60.4 Å². The van der Waals surface area contributed by atoms with Crippen molar-refractivity contribution < 1.29 is 9.59 Å². The summed E-state index contributed by atoms with van der Waals surface area (Å²) in [6.45, 7) is 3.31. The second-order valence-corrected chi connectivity index (χ2v) is 6.27. The lowest BCUT2D eigenvalue weighted by Crippen LogP contribution is -2.30. The summed E-state index contributed by atoms with van der Waals surface area (Å²) in [4.78, 5) is 25.7. The third-order valence-electron chi connectivity index (χ3n) is 4.36. The standard InChI is InChI=1S/C20H23N3O2/c1-15-14-17(9-10-18(15)23-13-5-8-19(23)24)22-20(25)21-12-11-16-6-3-2-4-7-16/h2-4,6-7,9-10,14H,5,8,11-13H2,1H3,(H2,21,22,25). The molecule has 3 amide bonds. The van der Waals surface area contributed by atoms with E-state index in [1.165, 1.54) is 5.56 Å². The maximum atomic E-state index is 12.0. The maximum absolute atomic E-state index is 12.0. The third-order valence-corrected chi connectivity index (χ3v) is 4.36. The van der Waals surface area contributed by atoms with Crippen molar-refractivity contribution in [2.75, 3.05) is 23.3 Å². The lowest BCUT2D eigenvalue weighted by Gasteiger charge is -2.19. The molecule has 2 aromatic rings. The molecule has 0 bridgehead atoms. The van der Waals surface area contributed by atoms with Crippen LogP contribution in [0.2, 0.25) is 0 Å². The number of nitrogens with zero attached hydrogens (tertiary/aromatic N) is 1. The zero-order chi connectivity index (χ0) is 17.6. The summed E-state index contributed by atoms with van der Waals surface area (Å²) < 4.78 is 0. The van der Waals surface area contributed by atoms with Crippen LogP contribution in [-0.2, 0) is 11.2 Å². The Bertz CT molecular complexity index is 759. The molecule has 1 aliphatic rings. The molecule has 5 heteroatoms. The van der Waals surface area contributed by atoms with Gasteiger partial charge in [-0.05, 0) is 49.1 Å². The highest BCUT2D eigenvalue weighted by atomic mass is 16.2. The van der Waals surface area contributed by atoms with Gasteiger partial charge in [-0.25, -0.2) is 4.79 Å². The molecule has 0 aromatic heterocycles. The Hall–Kier alpha value is -2.82. The van der Waals surface area contributed by atoms with E-state index in [0.29, 0.717) is 13.0 Å². The van der Waals surface area contributed by atoms with Gasteiger partial charge in [-0.2, -0.15) is 0 Å². The van der Waals surface area contributed by atoms with E-state index in [0.717, 1.165) is 36.3 Å². The first kappa shape index (κ1) is 17.0. The fraction of sp³-hybridized carbons (Fsp3) is 0.300. The van der Waals surface area contributed by atoms with Crippen molar-refractivity contribution in [3.63, 3.8) is 0 Å². The summed E-state index contributed by atoms with van der Waals surface area (Å²) in [5.41, 5.74) is 3.83. The molecule has 0 spiro atoms. The van der Waals surface area contributed by atoms with Crippen molar-refractivity contribution in [1.82, 2.24) is 5.32 Å². The van der Waals surface area contributed by atoms with Crippen LogP contribution >= 0.6 is 0 Å². The Morgan fingerprint density at radius 3 is 2.64 bits per heavy atom. The average Bonchev–Trinajstić information content (AvgIpc) is 3.02. The van der Waals surface area contributed by atoms with Crippen molar-refractivity contribution in [2.24, 2.45) is 0 Å². The van der Waals surface area contributed by atoms with Crippen molar-refractivity contribution >= 4 is 23.3 Å². The van der Waals surface area contributed by atoms with Gasteiger partial charge in [0.25, 0.3) is 0 Å². The van der Waals surface area contributed by atoms with Gasteiger partial charge in [0.1, 0.15) is 0 Å². The fourth-order valence-electron chi connectivity index (χ4n) is 3.08. The molecule has 1 saturated heterocycles. The Labute approximate surface area is 148 Å². The molecule has 5 nitrogen and oxygen atoms in total. The van der Waals surface area contributed by atoms with Crippen molar-refractivity contribution in [2.45, 2.75) is 26.2 Å². The number of anilines is 2. The van der Waals surface area contributed by atoms with E-state index in [-0.39, 0.29) is 11.9 Å². The largest absolute Gasteiger partial charge is 0.338 e. The van der Waals surface area contributed by atoms with Gasteiger partial charge >= 0.3 is 6.03 Å². The predicted molar refractivity (Wildman–Crippen MR) is 99.9 cm³/mol. The molecular weight excluding hydrogens is 314 g/mol. The lowest BCUT2D eigenvalue weighted by atomic mass is 10.1. The van der Waals surface area contributed by atoms with Gasteiger partial charge in [0.05, 0.1) is 0 Å². The van der Waals surface area contributed by atoms with E-state index in [2.05, 4.69) is 10.6 Å². The molecule has 2 N–H and O–H groups in total. The molecule has 0 atom stereocenters. The summed E-state index contributed by atoms with van der Waals surface area (Å²) in [6, 6.07) is 15.5. The van der Waals surface area contributed by atoms with Crippen LogP contribution < -0.4 is 15.5 Å². The van der Waals surface area contributed by atoms with Crippen LogP contribution in [0.25, 0.3) is 0 Å². The summed E-state index contributed by atoms with van der Waals surface area (Å²) in [7, 11) is 0. The smallest absolute Gasteiger partial charge is 0.319 e. The van der Waals surface area contributed by atoms with Gasteiger partial charge in [-0.3, -0.25) is 4.79 Å². The quantitative estimate of drug-likeness (QED) is 0.877. The van der Waals surface area contributed by atoms with Crippen molar-refractivity contribution in [3.8, 4) is 0 Å². The van der Waals surface area contributed by atoms with Gasteiger partial charge in [0.15, 0.2) is 0 Å². The first-order chi connectivity index (χ1) is 12.1. The monoisotopic (exact) mass is 337 g/mol. The molecule has 1 heterocycles. The fourth-order valence-corrected chi connectivity index (χ4v) is 3.08. The number of aryl methyl sites for hydroxylation is 1. The Morgan fingerprint density at radius 1 is 1.16 bits per heavy atom. The molecule has 0 unspecified atom stereocenters. The molecule has 0 saturated carbocycles. The minimum atomic E-state index is -0.222. The summed E-state index contributed by atoms with van der Waals surface area (Å²) >= 11 is 0.